The second-order valence-corrected chi connectivity index (χ2v) is 8.53. The van der Waals surface area contributed by atoms with E-state index in [1.54, 1.807) is 6.26 Å². The zero-order valence-electron chi connectivity index (χ0n) is 13.0. The fraction of sp³-hybridized carbons (Fsp3) is 0.625. The highest BCUT2D eigenvalue weighted by Crippen LogP contribution is 2.27. The predicted molar refractivity (Wildman–Crippen MR) is 86.9 cm³/mol. The molecule has 1 aliphatic heterocycles. The molecule has 1 aromatic heterocycles. The molecule has 6 heteroatoms. The number of sulfonamides is 1. The van der Waals surface area contributed by atoms with E-state index < -0.39 is 10.0 Å². The lowest BCUT2D eigenvalue weighted by atomic mass is 10.1. The van der Waals surface area contributed by atoms with Crippen molar-refractivity contribution in [3.63, 3.8) is 0 Å². The summed E-state index contributed by atoms with van der Waals surface area (Å²) < 4.78 is 31.8. The van der Waals surface area contributed by atoms with E-state index in [1.165, 1.54) is 5.57 Å². The molecule has 0 bridgehead atoms. The molecule has 2 fully saturated rings. The Labute approximate surface area is 132 Å². The monoisotopic (exact) mass is 324 g/mol. The van der Waals surface area contributed by atoms with Gasteiger partial charge in [-0.3, -0.25) is 4.90 Å². The number of likely N-dealkylation sites (tertiary alicyclic amines) is 1. The van der Waals surface area contributed by atoms with E-state index in [-0.39, 0.29) is 5.25 Å². The first kappa shape index (κ1) is 15.8. The Morgan fingerprint density at radius 1 is 1.45 bits per heavy atom. The smallest absolute Gasteiger partial charge is 0.214 e. The Hall–Kier alpha value is -1.11. The molecule has 1 aliphatic carbocycles. The molecule has 0 radical (unpaired) electrons. The van der Waals surface area contributed by atoms with Crippen LogP contribution in [0.2, 0.25) is 0 Å². The van der Waals surface area contributed by atoms with E-state index in [9.17, 15) is 8.42 Å². The van der Waals surface area contributed by atoms with Crippen molar-refractivity contribution in [2.75, 3.05) is 26.2 Å². The second-order valence-electron chi connectivity index (χ2n) is 6.49. The van der Waals surface area contributed by atoms with Crippen LogP contribution in [0.5, 0.6) is 0 Å². The second kappa shape index (κ2) is 6.56. The summed E-state index contributed by atoms with van der Waals surface area (Å²) in [4.78, 5) is 2.38. The van der Waals surface area contributed by atoms with Gasteiger partial charge >= 0.3 is 0 Å². The van der Waals surface area contributed by atoms with E-state index in [4.69, 9.17) is 4.42 Å². The van der Waals surface area contributed by atoms with E-state index in [2.05, 4.69) is 22.6 Å². The van der Waals surface area contributed by atoms with Gasteiger partial charge in [0, 0.05) is 19.6 Å². The fourth-order valence-corrected chi connectivity index (χ4v) is 4.43. The average Bonchev–Trinajstić information content (AvgIpc) is 3.06. The van der Waals surface area contributed by atoms with Gasteiger partial charge in [0.05, 0.1) is 11.5 Å². The molecule has 0 spiro atoms. The molecule has 22 heavy (non-hydrogen) atoms. The molecule has 1 N–H and O–H groups in total. The maximum absolute atomic E-state index is 11.8. The molecular formula is C16H24N2O3S. The third-order valence-electron chi connectivity index (χ3n) is 4.31. The lowest BCUT2D eigenvalue weighted by Gasteiger charge is -2.16. The minimum atomic E-state index is -3.04. The molecule has 5 nitrogen and oxygen atoms in total. The van der Waals surface area contributed by atoms with Crippen LogP contribution in [0.25, 0.3) is 6.08 Å². The van der Waals surface area contributed by atoms with E-state index in [1.807, 2.05) is 12.1 Å². The van der Waals surface area contributed by atoms with Gasteiger partial charge in [-0.15, -0.1) is 0 Å². The summed E-state index contributed by atoms with van der Waals surface area (Å²) in [6.45, 7) is 5.57. The maximum atomic E-state index is 11.8. The molecule has 1 saturated heterocycles. The van der Waals surface area contributed by atoms with Crippen molar-refractivity contribution in [3.8, 4) is 0 Å². The summed E-state index contributed by atoms with van der Waals surface area (Å²) in [5.74, 6) is 1.30. The number of furan rings is 1. The van der Waals surface area contributed by atoms with Crippen LogP contribution in [0.1, 0.15) is 31.9 Å². The summed E-state index contributed by atoms with van der Waals surface area (Å²) in [5.41, 5.74) is 1.26. The number of nitrogens with one attached hydrogen (secondary N) is 1. The van der Waals surface area contributed by atoms with Gasteiger partial charge in [0.25, 0.3) is 0 Å². The van der Waals surface area contributed by atoms with Crippen LogP contribution >= 0.6 is 0 Å². The molecule has 1 atom stereocenters. The third-order valence-corrected chi connectivity index (χ3v) is 6.23. The summed E-state index contributed by atoms with van der Waals surface area (Å²) in [7, 11) is -3.04. The standard InChI is InChI=1S/C16H24N2O3S/c1-13(9-15-3-2-8-21-15)11-18-7-6-14(12-18)10-17-22(19,20)16-4-5-16/h2-3,8-9,14,16-17H,4-7,10-12H2,1H3/b13-9+/t14-/m0/s1. The van der Waals surface area contributed by atoms with Gasteiger partial charge in [0.2, 0.25) is 10.0 Å². The summed E-state index contributed by atoms with van der Waals surface area (Å²) in [6.07, 6.45) is 6.44. The number of hydrogen-bond acceptors (Lipinski definition) is 4. The molecule has 3 rings (SSSR count). The first-order chi connectivity index (χ1) is 10.5. The first-order valence-electron chi connectivity index (χ1n) is 7.94. The Kier molecular flexibility index (Phi) is 4.70. The molecule has 0 amide bonds. The van der Waals surface area contributed by atoms with E-state index >= 15 is 0 Å². The molecule has 2 heterocycles. The molecule has 1 saturated carbocycles. The Morgan fingerprint density at radius 3 is 2.95 bits per heavy atom. The minimum Gasteiger partial charge on any atom is -0.465 e. The number of nitrogens with zero attached hydrogens (tertiary/aromatic N) is 1. The molecule has 1 aromatic rings. The van der Waals surface area contributed by atoms with Gasteiger partial charge in [-0.05, 0) is 56.9 Å². The lowest BCUT2D eigenvalue weighted by Crippen LogP contribution is -2.33. The van der Waals surface area contributed by atoms with Crippen molar-refractivity contribution < 1.29 is 12.8 Å². The zero-order valence-corrected chi connectivity index (χ0v) is 13.8. The third kappa shape index (κ3) is 4.21. The van der Waals surface area contributed by atoms with Crippen molar-refractivity contribution in [1.29, 1.82) is 0 Å². The number of hydrogen-bond donors (Lipinski definition) is 1. The van der Waals surface area contributed by atoms with Crippen LogP contribution in [0.4, 0.5) is 0 Å². The molecule has 0 aromatic carbocycles. The quantitative estimate of drug-likeness (QED) is 0.834. The largest absolute Gasteiger partial charge is 0.465 e. The van der Waals surface area contributed by atoms with Crippen molar-refractivity contribution in [2.24, 2.45) is 5.92 Å². The van der Waals surface area contributed by atoms with E-state index in [0.29, 0.717) is 12.5 Å². The Balaban J connectivity index is 1.44. The Bertz CT molecular complexity index is 618. The van der Waals surface area contributed by atoms with Crippen molar-refractivity contribution in [3.05, 3.63) is 29.7 Å². The average molecular weight is 324 g/mol. The molecule has 2 aliphatic rings. The topological polar surface area (TPSA) is 62.6 Å². The maximum Gasteiger partial charge on any atom is 0.214 e. The summed E-state index contributed by atoms with van der Waals surface area (Å²) in [6, 6.07) is 3.83. The van der Waals surface area contributed by atoms with Gasteiger partial charge in [-0.1, -0.05) is 5.57 Å². The SMILES string of the molecule is C/C(=C\c1ccco1)CN1CC[C@@H](CNS(=O)(=O)C2CC2)C1. The normalized spacial score (nSPS) is 24.0. The van der Waals surface area contributed by atoms with Crippen LogP contribution in [0.15, 0.2) is 28.4 Å². The molecular weight excluding hydrogens is 300 g/mol. The highest BCUT2D eigenvalue weighted by atomic mass is 32.2. The van der Waals surface area contributed by atoms with Gasteiger partial charge in [0.1, 0.15) is 5.76 Å². The summed E-state index contributed by atoms with van der Waals surface area (Å²) in [5, 5.41) is -0.122. The van der Waals surface area contributed by atoms with Crippen molar-refractivity contribution in [1.82, 2.24) is 9.62 Å². The van der Waals surface area contributed by atoms with Crippen molar-refractivity contribution >= 4 is 16.1 Å². The fourth-order valence-electron chi connectivity index (χ4n) is 2.97. The van der Waals surface area contributed by atoms with Gasteiger partial charge in [-0.25, -0.2) is 13.1 Å². The van der Waals surface area contributed by atoms with Crippen LogP contribution in [-0.2, 0) is 10.0 Å². The van der Waals surface area contributed by atoms with Crippen LogP contribution in [-0.4, -0.2) is 44.7 Å². The van der Waals surface area contributed by atoms with Gasteiger partial charge < -0.3 is 4.42 Å². The zero-order chi connectivity index (χ0) is 15.6. The van der Waals surface area contributed by atoms with Crippen LogP contribution in [0, 0.1) is 5.92 Å². The minimum absolute atomic E-state index is 0.122. The molecule has 0 unspecified atom stereocenters. The highest BCUT2D eigenvalue weighted by molar-refractivity contribution is 7.90. The molecule has 122 valence electrons. The van der Waals surface area contributed by atoms with E-state index in [0.717, 1.165) is 44.7 Å². The predicted octanol–water partition coefficient (Wildman–Crippen LogP) is 2.09. The van der Waals surface area contributed by atoms with Crippen molar-refractivity contribution in [2.45, 2.75) is 31.4 Å². The van der Waals surface area contributed by atoms with Crippen LogP contribution in [0.3, 0.4) is 0 Å². The summed E-state index contributed by atoms with van der Waals surface area (Å²) >= 11 is 0. The highest BCUT2D eigenvalue weighted by Gasteiger charge is 2.36. The van der Waals surface area contributed by atoms with Gasteiger partial charge in [-0.2, -0.15) is 0 Å². The Morgan fingerprint density at radius 2 is 2.27 bits per heavy atom. The number of rotatable bonds is 7. The first-order valence-corrected chi connectivity index (χ1v) is 9.49. The lowest BCUT2D eigenvalue weighted by molar-refractivity contribution is 0.351. The van der Waals surface area contributed by atoms with Crippen LogP contribution < -0.4 is 4.72 Å². The van der Waals surface area contributed by atoms with Gasteiger partial charge in [0.15, 0.2) is 0 Å².